The van der Waals surface area contributed by atoms with E-state index in [0.717, 1.165) is 18.7 Å². The molecule has 0 aromatic heterocycles. The van der Waals surface area contributed by atoms with Crippen molar-refractivity contribution in [3.63, 3.8) is 0 Å². The first-order chi connectivity index (χ1) is 3.43. The van der Waals surface area contributed by atoms with Crippen molar-refractivity contribution in [3.05, 3.63) is 11.8 Å². The third kappa shape index (κ3) is 0.747. The Morgan fingerprint density at radius 3 is 3.00 bits per heavy atom. The molecule has 1 N–H and O–H groups in total. The smallest absolute Gasteiger partial charge is 0.0810 e. The van der Waals surface area contributed by atoms with E-state index < -0.39 is 0 Å². The molecule has 0 fully saturated rings. The quantitative estimate of drug-likeness (QED) is 0.430. The lowest BCUT2D eigenvalue weighted by atomic mass is 10.4. The van der Waals surface area contributed by atoms with Gasteiger partial charge in [0.25, 0.3) is 0 Å². The van der Waals surface area contributed by atoms with Gasteiger partial charge in [-0.05, 0) is 6.42 Å². The van der Waals surface area contributed by atoms with Crippen molar-refractivity contribution in [2.75, 3.05) is 6.54 Å². The number of hydrogen-bond donors (Lipinski definition) is 1. The number of nitrogens with one attached hydrogen (secondary N) is 1. The summed E-state index contributed by atoms with van der Waals surface area (Å²) in [5, 5.41) is 3.03. The average molecular weight is 93.1 g/mol. The van der Waals surface area contributed by atoms with Gasteiger partial charge in [0, 0.05) is 6.54 Å². The van der Waals surface area contributed by atoms with Crippen LogP contribution in [0.25, 0.3) is 0 Å². The monoisotopic (exact) mass is 93.1 g/mol. The van der Waals surface area contributed by atoms with E-state index in [9.17, 15) is 0 Å². The highest BCUT2D eigenvalue weighted by atomic mass is 14.9. The van der Waals surface area contributed by atoms with E-state index in [-0.39, 0.29) is 0 Å². The minimum atomic E-state index is 0.944. The molecule has 7 heavy (non-hydrogen) atoms. The van der Waals surface area contributed by atoms with Crippen LogP contribution < -0.4 is 5.32 Å². The lowest BCUT2D eigenvalue weighted by molar-refractivity contribution is 0.897. The Kier molecular flexibility index (Phi) is 1.04. The van der Waals surface area contributed by atoms with Crippen molar-refractivity contribution in [2.45, 2.75) is 6.42 Å². The van der Waals surface area contributed by atoms with Crippen molar-refractivity contribution < 1.29 is 0 Å². The minimum absolute atomic E-state index is 0.944. The minimum Gasteiger partial charge on any atom is -0.378 e. The second kappa shape index (κ2) is 1.70. The summed E-state index contributed by atoms with van der Waals surface area (Å²) in [5.41, 5.74) is 0.944. The van der Waals surface area contributed by atoms with Crippen LogP contribution in [0, 0.1) is 12.3 Å². The van der Waals surface area contributed by atoms with Crippen molar-refractivity contribution >= 4 is 0 Å². The van der Waals surface area contributed by atoms with E-state index in [1.807, 2.05) is 6.08 Å². The second-order valence-corrected chi connectivity index (χ2v) is 1.48. The van der Waals surface area contributed by atoms with Gasteiger partial charge in [-0.15, -0.1) is 6.42 Å². The lowest BCUT2D eigenvalue weighted by Crippen LogP contribution is -2.04. The predicted octanol–water partition coefficient (Wildman–Crippen LogP) is 0.497. The highest BCUT2D eigenvalue weighted by Crippen LogP contribution is 1.96. The molecule has 0 saturated carbocycles. The van der Waals surface area contributed by atoms with Crippen LogP contribution in [0.15, 0.2) is 11.8 Å². The molecule has 36 valence electrons. The van der Waals surface area contributed by atoms with Gasteiger partial charge < -0.3 is 5.32 Å². The van der Waals surface area contributed by atoms with Crippen LogP contribution in [0.3, 0.4) is 0 Å². The van der Waals surface area contributed by atoms with E-state index >= 15 is 0 Å². The Hall–Kier alpha value is -0.900. The largest absolute Gasteiger partial charge is 0.378 e. The second-order valence-electron chi connectivity index (χ2n) is 1.48. The zero-order chi connectivity index (χ0) is 5.11. The maximum absolute atomic E-state index is 5.05. The van der Waals surface area contributed by atoms with Gasteiger partial charge >= 0.3 is 0 Å². The number of hydrogen-bond acceptors (Lipinski definition) is 1. The molecule has 1 aliphatic heterocycles. The summed E-state index contributed by atoms with van der Waals surface area (Å²) >= 11 is 0. The average Bonchev–Trinajstić information content (AvgIpc) is 2.14. The number of allylic oxidation sites excluding steroid dienone is 1. The molecule has 0 saturated heterocycles. The van der Waals surface area contributed by atoms with Gasteiger partial charge in [-0.2, -0.15) is 0 Å². The number of rotatable bonds is 0. The molecule has 1 nitrogen and oxygen atoms in total. The van der Waals surface area contributed by atoms with E-state index in [4.69, 9.17) is 6.42 Å². The van der Waals surface area contributed by atoms with Crippen LogP contribution in [0.4, 0.5) is 0 Å². The Morgan fingerprint density at radius 2 is 2.71 bits per heavy atom. The maximum Gasteiger partial charge on any atom is 0.0810 e. The Balaban J connectivity index is 2.57. The summed E-state index contributed by atoms with van der Waals surface area (Å²) in [5.74, 6) is 2.51. The third-order valence-corrected chi connectivity index (χ3v) is 0.964. The molecule has 0 aliphatic carbocycles. The summed E-state index contributed by atoms with van der Waals surface area (Å²) < 4.78 is 0. The molecule has 1 heteroatoms. The SMILES string of the molecule is C#CC1=CCCN1. The van der Waals surface area contributed by atoms with Crippen LogP contribution in [-0.2, 0) is 0 Å². The van der Waals surface area contributed by atoms with Crippen molar-refractivity contribution in [3.8, 4) is 12.3 Å². The van der Waals surface area contributed by atoms with Crippen molar-refractivity contribution in [1.29, 1.82) is 0 Å². The van der Waals surface area contributed by atoms with E-state index in [1.165, 1.54) is 0 Å². The number of terminal acetylenes is 1. The molecular formula is C6H7N. The lowest BCUT2D eigenvalue weighted by Gasteiger charge is -1.88. The Morgan fingerprint density at radius 1 is 1.86 bits per heavy atom. The highest BCUT2D eigenvalue weighted by Gasteiger charge is 1.95. The molecule has 1 rings (SSSR count). The topological polar surface area (TPSA) is 12.0 Å². The molecule has 0 amide bonds. The van der Waals surface area contributed by atoms with E-state index in [2.05, 4.69) is 11.2 Å². The van der Waals surface area contributed by atoms with Gasteiger partial charge in [0.2, 0.25) is 0 Å². The molecular weight excluding hydrogens is 86.1 g/mol. The van der Waals surface area contributed by atoms with Gasteiger partial charge in [-0.3, -0.25) is 0 Å². The van der Waals surface area contributed by atoms with Crippen molar-refractivity contribution in [1.82, 2.24) is 5.32 Å². The van der Waals surface area contributed by atoms with Crippen LogP contribution in [0.2, 0.25) is 0 Å². The zero-order valence-electron chi connectivity index (χ0n) is 4.07. The molecule has 0 radical (unpaired) electrons. The van der Waals surface area contributed by atoms with Gasteiger partial charge in [-0.1, -0.05) is 12.0 Å². The first kappa shape index (κ1) is 4.26. The summed E-state index contributed by atoms with van der Waals surface area (Å²) in [7, 11) is 0. The van der Waals surface area contributed by atoms with Crippen LogP contribution in [-0.4, -0.2) is 6.54 Å². The van der Waals surface area contributed by atoms with Crippen LogP contribution in [0.1, 0.15) is 6.42 Å². The first-order valence-corrected chi connectivity index (χ1v) is 2.34. The fraction of sp³-hybridized carbons (Fsp3) is 0.333. The van der Waals surface area contributed by atoms with Gasteiger partial charge in [0.1, 0.15) is 0 Å². The molecule has 0 bridgehead atoms. The molecule has 0 atom stereocenters. The van der Waals surface area contributed by atoms with E-state index in [0.29, 0.717) is 0 Å². The van der Waals surface area contributed by atoms with Crippen LogP contribution in [0.5, 0.6) is 0 Å². The van der Waals surface area contributed by atoms with Gasteiger partial charge in [0.15, 0.2) is 0 Å². The first-order valence-electron chi connectivity index (χ1n) is 2.34. The maximum atomic E-state index is 5.05. The highest BCUT2D eigenvalue weighted by molar-refractivity contribution is 5.25. The van der Waals surface area contributed by atoms with Crippen LogP contribution >= 0.6 is 0 Å². The summed E-state index contributed by atoms with van der Waals surface area (Å²) in [4.78, 5) is 0. The summed E-state index contributed by atoms with van der Waals surface area (Å²) in [6, 6.07) is 0. The molecule has 0 unspecified atom stereocenters. The van der Waals surface area contributed by atoms with Gasteiger partial charge in [-0.25, -0.2) is 0 Å². The normalized spacial score (nSPS) is 17.3. The Bertz CT molecular complexity index is 128. The third-order valence-electron chi connectivity index (χ3n) is 0.964. The standard InChI is InChI=1S/C6H7N/c1-2-6-4-3-5-7-6/h1,4,7H,3,5H2. The predicted molar refractivity (Wildman–Crippen MR) is 29.5 cm³/mol. The van der Waals surface area contributed by atoms with E-state index in [1.54, 1.807) is 0 Å². The zero-order valence-corrected chi connectivity index (χ0v) is 4.07. The molecule has 0 aromatic rings. The Labute approximate surface area is 43.4 Å². The molecule has 1 aliphatic rings. The fourth-order valence-electron chi connectivity index (χ4n) is 0.605. The van der Waals surface area contributed by atoms with Crippen molar-refractivity contribution in [2.24, 2.45) is 0 Å². The summed E-state index contributed by atoms with van der Waals surface area (Å²) in [6.07, 6.45) is 8.16. The summed E-state index contributed by atoms with van der Waals surface area (Å²) in [6.45, 7) is 1.01. The molecule has 1 heterocycles. The molecule has 0 spiro atoms. The molecule has 0 aromatic carbocycles. The van der Waals surface area contributed by atoms with Gasteiger partial charge in [0.05, 0.1) is 5.70 Å². The fourth-order valence-corrected chi connectivity index (χ4v) is 0.605.